The van der Waals surface area contributed by atoms with E-state index in [9.17, 15) is 25.2 Å². The average molecular weight is 563 g/mol. The molecular weight excluding hydrogens is 520 g/mol. The van der Waals surface area contributed by atoms with Crippen LogP contribution >= 0.6 is 0 Å². The lowest BCUT2D eigenvalue weighted by molar-refractivity contribution is -0.388. The molecule has 2 bridgehead atoms. The van der Waals surface area contributed by atoms with Crippen molar-refractivity contribution in [1.29, 1.82) is 0 Å². The summed E-state index contributed by atoms with van der Waals surface area (Å²) in [5.41, 5.74) is -0.221. The molecule has 40 heavy (non-hydrogen) atoms. The van der Waals surface area contributed by atoms with Gasteiger partial charge >= 0.3 is 5.97 Å². The van der Waals surface area contributed by atoms with Crippen LogP contribution in [0.15, 0.2) is 23.3 Å². The molecule has 7 rings (SSSR count). The molecule has 3 saturated carbocycles. The van der Waals surface area contributed by atoms with Crippen molar-refractivity contribution < 1.29 is 48.9 Å². The van der Waals surface area contributed by atoms with Crippen LogP contribution in [-0.2, 0) is 28.5 Å². The number of fused-ring (bicyclic) bond motifs is 8. The highest BCUT2D eigenvalue weighted by molar-refractivity contribution is 5.85. The van der Waals surface area contributed by atoms with Gasteiger partial charge in [-0.05, 0) is 74.2 Å². The van der Waals surface area contributed by atoms with Gasteiger partial charge in [0.15, 0.2) is 12.4 Å². The number of rotatable bonds is 2. The molecule has 0 aromatic carbocycles. The summed E-state index contributed by atoms with van der Waals surface area (Å²) in [4.78, 5) is 11.9. The Hall–Kier alpha value is -1.37. The zero-order chi connectivity index (χ0) is 28.4. The fourth-order valence-electron chi connectivity index (χ4n) is 10.1. The van der Waals surface area contributed by atoms with E-state index >= 15 is 0 Å². The minimum atomic E-state index is -1.70. The molecular formula is C30H42O10. The Labute approximate surface area is 234 Å². The fraction of sp³-hybridized carbons (Fsp3) is 0.833. The Morgan fingerprint density at radius 3 is 2.55 bits per heavy atom. The number of hydrogen-bond acceptors (Lipinski definition) is 10. The van der Waals surface area contributed by atoms with Crippen LogP contribution in [0, 0.1) is 28.6 Å². The van der Waals surface area contributed by atoms with Gasteiger partial charge in [-0.1, -0.05) is 25.5 Å². The summed E-state index contributed by atoms with van der Waals surface area (Å²) in [6, 6.07) is 0. The highest BCUT2D eigenvalue weighted by Crippen LogP contribution is 2.69. The second-order valence-electron chi connectivity index (χ2n) is 13.7. The highest BCUT2D eigenvalue weighted by Gasteiger charge is 2.71. The van der Waals surface area contributed by atoms with Gasteiger partial charge in [-0.2, -0.15) is 0 Å². The first-order chi connectivity index (χ1) is 18.9. The summed E-state index contributed by atoms with van der Waals surface area (Å²) < 4.78 is 29.5. The maximum atomic E-state index is 12.5. The Balaban J connectivity index is 1.23. The van der Waals surface area contributed by atoms with Crippen molar-refractivity contribution in [3.05, 3.63) is 23.3 Å². The first-order valence-electron chi connectivity index (χ1n) is 14.8. The maximum Gasteiger partial charge on any atom is 0.331 e. The van der Waals surface area contributed by atoms with Gasteiger partial charge in [0.25, 0.3) is 0 Å². The largest absolute Gasteiger partial charge is 0.458 e. The summed E-state index contributed by atoms with van der Waals surface area (Å²) in [7, 11) is 1.41. The van der Waals surface area contributed by atoms with E-state index < -0.39 is 65.1 Å². The van der Waals surface area contributed by atoms with E-state index in [2.05, 4.69) is 13.0 Å². The Bertz CT molecular complexity index is 1150. The molecule has 0 aromatic rings. The lowest BCUT2D eigenvalue weighted by atomic mass is 9.44. The van der Waals surface area contributed by atoms with Crippen molar-refractivity contribution in [2.75, 3.05) is 13.7 Å². The molecule has 7 aliphatic rings. The van der Waals surface area contributed by atoms with Crippen LogP contribution in [0.1, 0.15) is 59.3 Å². The number of aliphatic hydroxyl groups excluding tert-OH is 3. The summed E-state index contributed by atoms with van der Waals surface area (Å²) >= 11 is 0. The summed E-state index contributed by atoms with van der Waals surface area (Å²) in [5, 5.41) is 46.5. The molecule has 3 aliphatic heterocycles. The van der Waals surface area contributed by atoms with Gasteiger partial charge in [0.05, 0.1) is 23.9 Å². The first-order valence-corrected chi connectivity index (χ1v) is 14.8. The molecule has 0 spiro atoms. The molecule has 4 N–H and O–H groups in total. The SMILES string of the molecule is CO[C@]12O[C@H]3C[C@@]4(C)C(=C[C@H]3O[C@H](O[C@@H](C)[C@H]1O)[C@H]2O)CC[C@@H]1[C@@H]4C[C@H](O)[C@]2(C)[C@@H](C3=CC(=O)OC3)CC[C@]12O. The minimum Gasteiger partial charge on any atom is -0.458 e. The van der Waals surface area contributed by atoms with Crippen molar-refractivity contribution in [3.63, 3.8) is 0 Å². The average Bonchev–Trinajstić information content (AvgIpc) is 3.44. The number of hydrogen-bond donors (Lipinski definition) is 4. The molecule has 14 atom stereocenters. The Kier molecular flexibility index (Phi) is 6.06. The second kappa shape index (κ2) is 8.83. The van der Waals surface area contributed by atoms with Crippen molar-refractivity contribution in [3.8, 4) is 0 Å². The first kappa shape index (κ1) is 27.5. The predicted molar refractivity (Wildman–Crippen MR) is 138 cm³/mol. The third-order valence-electron chi connectivity index (χ3n) is 12.3. The van der Waals surface area contributed by atoms with E-state index in [1.807, 2.05) is 6.92 Å². The van der Waals surface area contributed by atoms with Gasteiger partial charge in [0.1, 0.15) is 18.8 Å². The third kappa shape index (κ3) is 3.30. The van der Waals surface area contributed by atoms with E-state index in [0.717, 1.165) is 18.4 Å². The van der Waals surface area contributed by atoms with Crippen molar-refractivity contribution in [2.24, 2.45) is 28.6 Å². The van der Waals surface area contributed by atoms with E-state index in [0.29, 0.717) is 25.7 Å². The molecule has 222 valence electrons. The van der Waals surface area contributed by atoms with Crippen LogP contribution in [-0.4, -0.2) is 94.4 Å². The molecule has 3 heterocycles. The highest BCUT2D eigenvalue weighted by atomic mass is 16.8. The lowest BCUT2D eigenvalue weighted by Crippen LogP contribution is -2.68. The molecule has 4 aliphatic carbocycles. The van der Waals surface area contributed by atoms with E-state index in [-0.39, 0.29) is 30.3 Å². The topological polar surface area (TPSA) is 144 Å². The molecule has 0 aromatic heterocycles. The zero-order valence-corrected chi connectivity index (χ0v) is 23.6. The monoisotopic (exact) mass is 562 g/mol. The zero-order valence-electron chi connectivity index (χ0n) is 23.6. The van der Waals surface area contributed by atoms with Crippen molar-refractivity contribution >= 4 is 5.97 Å². The van der Waals surface area contributed by atoms with E-state index in [4.69, 9.17) is 23.7 Å². The second-order valence-corrected chi connectivity index (χ2v) is 13.7. The van der Waals surface area contributed by atoms with Crippen LogP contribution in [0.3, 0.4) is 0 Å². The Morgan fingerprint density at radius 1 is 1.07 bits per heavy atom. The number of carbonyl (C=O) groups is 1. The minimum absolute atomic E-state index is 0.0227. The number of allylic oxidation sites excluding steroid dienone is 1. The van der Waals surface area contributed by atoms with Gasteiger partial charge < -0.3 is 44.1 Å². The van der Waals surface area contributed by atoms with Gasteiger partial charge in [-0.15, -0.1) is 0 Å². The molecule has 0 radical (unpaired) electrons. The summed E-state index contributed by atoms with van der Waals surface area (Å²) in [6.45, 7) is 6.11. The van der Waals surface area contributed by atoms with Crippen LogP contribution in [0.4, 0.5) is 0 Å². The number of esters is 1. The quantitative estimate of drug-likeness (QED) is 0.287. The number of carbonyl (C=O) groups excluding carboxylic acids is 1. The molecule has 2 saturated heterocycles. The van der Waals surface area contributed by atoms with Gasteiger partial charge in [0, 0.05) is 18.6 Å². The van der Waals surface area contributed by atoms with Gasteiger partial charge in [-0.25, -0.2) is 4.79 Å². The van der Waals surface area contributed by atoms with E-state index in [1.54, 1.807) is 13.0 Å². The fourth-order valence-corrected chi connectivity index (χ4v) is 10.1. The third-order valence-corrected chi connectivity index (χ3v) is 12.3. The van der Waals surface area contributed by atoms with Crippen LogP contribution in [0.2, 0.25) is 0 Å². The predicted octanol–water partition coefficient (Wildman–Crippen LogP) is 1.34. The van der Waals surface area contributed by atoms with Crippen molar-refractivity contribution in [2.45, 2.75) is 114 Å². The maximum absolute atomic E-state index is 12.5. The smallest absolute Gasteiger partial charge is 0.331 e. The molecule has 0 amide bonds. The van der Waals surface area contributed by atoms with Crippen LogP contribution in [0.5, 0.6) is 0 Å². The van der Waals surface area contributed by atoms with Gasteiger partial charge in [0.2, 0.25) is 5.79 Å². The number of ether oxygens (including phenoxy) is 5. The summed E-state index contributed by atoms with van der Waals surface area (Å²) in [5.74, 6) is -2.25. The molecule has 0 unspecified atom stereocenters. The number of aliphatic hydroxyl groups is 4. The van der Waals surface area contributed by atoms with Crippen LogP contribution in [0.25, 0.3) is 0 Å². The normalized spacial score (nSPS) is 57.0. The Morgan fingerprint density at radius 2 is 1.85 bits per heavy atom. The van der Waals surface area contributed by atoms with Gasteiger partial charge in [-0.3, -0.25) is 0 Å². The van der Waals surface area contributed by atoms with Crippen LogP contribution < -0.4 is 0 Å². The molecule has 10 heteroatoms. The number of methoxy groups -OCH3 is 1. The standard InChI is InChI=1S/C30H42O10/c1-14-24(33)30(36-4)25(34)26(38-14)39-20-10-16-5-6-18-19(27(16,2)12-21(20)40-30)11-22(31)28(3)17(7-8-29(18,28)35)15-9-23(32)37-13-15/h9-10,14,17-22,24-26,31,33-35H,5-8,11-13H2,1-4H3/t14-,17+,18+,19-,20+,21-,22-,24+,25+,26-,27-,28-,29-,30-/m0/s1. The van der Waals surface area contributed by atoms with Crippen molar-refractivity contribution in [1.82, 2.24) is 0 Å². The van der Waals surface area contributed by atoms with E-state index in [1.165, 1.54) is 12.7 Å². The summed E-state index contributed by atoms with van der Waals surface area (Å²) in [6.07, 6.45) is 1.40. The molecule has 10 nitrogen and oxygen atoms in total. The molecule has 5 fully saturated rings. The number of cyclic esters (lactones) is 1. The lowest BCUT2D eigenvalue weighted by Gasteiger charge is -2.63.